The van der Waals surface area contributed by atoms with Gasteiger partial charge in [0.25, 0.3) is 0 Å². The Balaban J connectivity index is 2.63. The molecular formula is C13H11NO. The molecule has 3 aromatic rings. The van der Waals surface area contributed by atoms with Crippen LogP contribution in [0.25, 0.3) is 21.8 Å². The second kappa shape index (κ2) is 2.76. The molecule has 15 heavy (non-hydrogen) atoms. The van der Waals surface area contributed by atoms with Gasteiger partial charge in [0.1, 0.15) is 5.75 Å². The number of phenolic OH excluding ortho intramolecular Hbond substituents is 1. The minimum absolute atomic E-state index is 0.308. The van der Waals surface area contributed by atoms with Crippen molar-refractivity contribution in [3.05, 3.63) is 42.0 Å². The van der Waals surface area contributed by atoms with Gasteiger partial charge in [-0.2, -0.15) is 0 Å². The topological polar surface area (TPSA) is 36.0 Å². The predicted molar refractivity (Wildman–Crippen MR) is 62.2 cm³/mol. The van der Waals surface area contributed by atoms with Crippen molar-refractivity contribution in [3.8, 4) is 5.75 Å². The van der Waals surface area contributed by atoms with Gasteiger partial charge in [-0.3, -0.25) is 0 Å². The lowest BCUT2D eigenvalue weighted by molar-refractivity contribution is 0.480. The Labute approximate surface area is 87.2 Å². The largest absolute Gasteiger partial charge is 0.506 e. The molecule has 0 amide bonds. The van der Waals surface area contributed by atoms with Crippen molar-refractivity contribution in [3.63, 3.8) is 0 Å². The van der Waals surface area contributed by atoms with E-state index in [2.05, 4.69) is 24.0 Å². The van der Waals surface area contributed by atoms with Crippen LogP contribution in [0.3, 0.4) is 0 Å². The number of phenols is 1. The summed E-state index contributed by atoms with van der Waals surface area (Å²) in [6.45, 7) is 2.06. The van der Waals surface area contributed by atoms with Crippen molar-refractivity contribution in [1.29, 1.82) is 0 Å². The summed E-state index contributed by atoms with van der Waals surface area (Å²) in [5, 5.41) is 12.0. The number of H-pyrrole nitrogens is 1. The Morgan fingerprint density at radius 2 is 1.60 bits per heavy atom. The fourth-order valence-electron chi connectivity index (χ4n) is 2.08. The van der Waals surface area contributed by atoms with Gasteiger partial charge in [0.05, 0.1) is 5.52 Å². The van der Waals surface area contributed by atoms with E-state index in [4.69, 9.17) is 0 Å². The van der Waals surface area contributed by atoms with Crippen LogP contribution in [0, 0.1) is 6.92 Å². The first kappa shape index (κ1) is 8.36. The number of rotatable bonds is 0. The van der Waals surface area contributed by atoms with Gasteiger partial charge in [-0.1, -0.05) is 30.3 Å². The highest BCUT2D eigenvalue weighted by Crippen LogP contribution is 2.31. The molecule has 0 atom stereocenters. The third-order valence-electron chi connectivity index (χ3n) is 2.86. The van der Waals surface area contributed by atoms with Crippen LogP contribution >= 0.6 is 0 Å². The zero-order valence-electron chi connectivity index (χ0n) is 8.41. The van der Waals surface area contributed by atoms with Crippen molar-refractivity contribution < 1.29 is 5.11 Å². The number of nitrogens with one attached hydrogen (secondary N) is 1. The van der Waals surface area contributed by atoms with Crippen LogP contribution in [-0.2, 0) is 0 Å². The molecule has 2 aromatic carbocycles. The molecule has 0 fully saturated rings. The molecule has 0 aliphatic rings. The molecule has 0 spiro atoms. The van der Waals surface area contributed by atoms with Gasteiger partial charge in [0, 0.05) is 16.3 Å². The maximum atomic E-state index is 9.73. The van der Waals surface area contributed by atoms with E-state index in [1.165, 1.54) is 10.9 Å². The van der Waals surface area contributed by atoms with Crippen molar-refractivity contribution in [2.75, 3.05) is 0 Å². The van der Waals surface area contributed by atoms with Crippen LogP contribution in [0.4, 0.5) is 0 Å². The Bertz CT molecular complexity index is 596. The third-order valence-corrected chi connectivity index (χ3v) is 2.86. The minimum Gasteiger partial charge on any atom is -0.506 e. The van der Waals surface area contributed by atoms with Crippen LogP contribution in [-0.4, -0.2) is 10.1 Å². The first-order valence-corrected chi connectivity index (χ1v) is 4.96. The molecule has 2 heteroatoms. The van der Waals surface area contributed by atoms with Gasteiger partial charge in [-0.15, -0.1) is 0 Å². The first-order valence-electron chi connectivity index (χ1n) is 4.96. The van der Waals surface area contributed by atoms with Crippen LogP contribution in [0.1, 0.15) is 5.56 Å². The summed E-state index contributed by atoms with van der Waals surface area (Å²) in [4.78, 5) is 3.26. The molecule has 1 aromatic heterocycles. The number of para-hydroxylation sites is 2. The Morgan fingerprint density at radius 3 is 2.40 bits per heavy atom. The highest BCUT2D eigenvalue weighted by Gasteiger charge is 2.07. The number of hydrogen-bond donors (Lipinski definition) is 2. The predicted octanol–water partition coefficient (Wildman–Crippen LogP) is 3.34. The van der Waals surface area contributed by atoms with Gasteiger partial charge >= 0.3 is 0 Å². The zero-order chi connectivity index (χ0) is 10.4. The summed E-state index contributed by atoms with van der Waals surface area (Å²) in [7, 11) is 0. The number of aryl methyl sites for hydroxylation is 1. The molecule has 74 valence electrons. The molecule has 0 aliphatic heterocycles. The maximum absolute atomic E-state index is 9.73. The molecule has 0 saturated heterocycles. The molecule has 3 rings (SSSR count). The van der Waals surface area contributed by atoms with Gasteiger partial charge in [0.15, 0.2) is 0 Å². The van der Waals surface area contributed by atoms with E-state index >= 15 is 0 Å². The maximum Gasteiger partial charge on any atom is 0.139 e. The van der Waals surface area contributed by atoms with Gasteiger partial charge in [-0.25, -0.2) is 0 Å². The van der Waals surface area contributed by atoms with Gasteiger partial charge < -0.3 is 10.1 Å². The van der Waals surface area contributed by atoms with Crippen LogP contribution < -0.4 is 0 Å². The number of fused-ring (bicyclic) bond motifs is 3. The molecule has 1 heterocycles. The van der Waals surface area contributed by atoms with E-state index in [0.717, 1.165) is 16.4 Å². The SMILES string of the molecule is Cc1cccc2c1[nH]c1c(O)cccc12. The lowest BCUT2D eigenvalue weighted by Gasteiger charge is -1.93. The molecule has 0 bridgehead atoms. The second-order valence-corrected chi connectivity index (χ2v) is 3.82. The van der Waals surface area contributed by atoms with E-state index in [0.29, 0.717) is 5.75 Å². The smallest absolute Gasteiger partial charge is 0.139 e. The number of aromatic nitrogens is 1. The highest BCUT2D eigenvalue weighted by molar-refractivity contribution is 6.09. The summed E-state index contributed by atoms with van der Waals surface area (Å²) >= 11 is 0. The monoisotopic (exact) mass is 197 g/mol. The molecule has 0 aliphatic carbocycles. The Hall–Kier alpha value is -1.96. The van der Waals surface area contributed by atoms with Crippen molar-refractivity contribution in [2.24, 2.45) is 0 Å². The Morgan fingerprint density at radius 1 is 0.933 bits per heavy atom. The second-order valence-electron chi connectivity index (χ2n) is 3.82. The normalized spacial score (nSPS) is 11.3. The van der Waals surface area contributed by atoms with Gasteiger partial charge in [-0.05, 0) is 18.6 Å². The van der Waals surface area contributed by atoms with Crippen molar-refractivity contribution in [1.82, 2.24) is 4.98 Å². The van der Waals surface area contributed by atoms with E-state index in [1.54, 1.807) is 6.07 Å². The van der Waals surface area contributed by atoms with E-state index in [1.807, 2.05) is 18.2 Å². The summed E-state index contributed by atoms with van der Waals surface area (Å²) in [6.07, 6.45) is 0. The number of benzene rings is 2. The molecular weight excluding hydrogens is 186 g/mol. The highest BCUT2D eigenvalue weighted by atomic mass is 16.3. The van der Waals surface area contributed by atoms with E-state index in [9.17, 15) is 5.11 Å². The number of aromatic amines is 1. The Kier molecular flexibility index (Phi) is 1.54. The van der Waals surface area contributed by atoms with Crippen LogP contribution in [0.15, 0.2) is 36.4 Å². The van der Waals surface area contributed by atoms with E-state index < -0.39 is 0 Å². The quantitative estimate of drug-likeness (QED) is 0.569. The van der Waals surface area contributed by atoms with E-state index in [-0.39, 0.29) is 0 Å². The summed E-state index contributed by atoms with van der Waals surface area (Å²) in [5.41, 5.74) is 3.12. The molecule has 2 nitrogen and oxygen atoms in total. The molecule has 2 N–H and O–H groups in total. The minimum atomic E-state index is 0.308. The van der Waals surface area contributed by atoms with Crippen molar-refractivity contribution >= 4 is 21.8 Å². The lowest BCUT2D eigenvalue weighted by atomic mass is 10.1. The number of aromatic hydroxyl groups is 1. The van der Waals surface area contributed by atoms with Gasteiger partial charge in [0.2, 0.25) is 0 Å². The fraction of sp³-hybridized carbons (Fsp3) is 0.0769. The van der Waals surface area contributed by atoms with Crippen LogP contribution in [0.2, 0.25) is 0 Å². The average molecular weight is 197 g/mol. The first-order chi connectivity index (χ1) is 7.27. The summed E-state index contributed by atoms with van der Waals surface area (Å²) in [6, 6.07) is 11.8. The fourth-order valence-corrected chi connectivity index (χ4v) is 2.08. The number of hydrogen-bond acceptors (Lipinski definition) is 1. The standard InChI is InChI=1S/C13H11NO/c1-8-4-2-5-9-10-6-3-7-11(15)13(10)14-12(8)9/h2-7,14-15H,1H3. The lowest BCUT2D eigenvalue weighted by Crippen LogP contribution is -1.73. The molecule has 0 unspecified atom stereocenters. The zero-order valence-corrected chi connectivity index (χ0v) is 8.41. The molecule has 0 radical (unpaired) electrons. The summed E-state index contributed by atoms with van der Waals surface area (Å²) < 4.78 is 0. The average Bonchev–Trinajstić information content (AvgIpc) is 2.60. The third kappa shape index (κ3) is 1.05. The molecule has 0 saturated carbocycles. The van der Waals surface area contributed by atoms with Crippen molar-refractivity contribution in [2.45, 2.75) is 6.92 Å². The van der Waals surface area contributed by atoms with Crippen LogP contribution in [0.5, 0.6) is 5.75 Å². The summed E-state index contributed by atoms with van der Waals surface area (Å²) in [5.74, 6) is 0.308.